The van der Waals surface area contributed by atoms with Crippen molar-refractivity contribution in [3.05, 3.63) is 81.9 Å². The lowest BCUT2D eigenvalue weighted by Crippen LogP contribution is -2.37. The zero-order chi connectivity index (χ0) is 21.4. The van der Waals surface area contributed by atoms with Gasteiger partial charge in [0.15, 0.2) is 5.75 Å². The number of benzene rings is 2. The van der Waals surface area contributed by atoms with E-state index in [0.717, 1.165) is 5.39 Å². The lowest BCUT2D eigenvalue weighted by Gasteiger charge is -2.15. The second-order valence-corrected chi connectivity index (χ2v) is 6.69. The van der Waals surface area contributed by atoms with Gasteiger partial charge in [0.25, 0.3) is 11.5 Å². The molecule has 30 heavy (non-hydrogen) atoms. The first kappa shape index (κ1) is 19.2. The topological polar surface area (TPSA) is 113 Å². The number of nitrogens with zero attached hydrogens (tertiary/aromatic N) is 2. The first-order valence-electron chi connectivity index (χ1n) is 8.97. The Morgan fingerprint density at radius 2 is 1.73 bits per heavy atom. The number of aliphatic carboxylic acids is 1. The van der Waals surface area contributed by atoms with Gasteiger partial charge in [-0.3, -0.25) is 14.4 Å². The number of aromatic hydroxyl groups is 1. The highest BCUT2D eigenvalue weighted by Gasteiger charge is 2.24. The van der Waals surface area contributed by atoms with Gasteiger partial charge in [-0.2, -0.15) is 0 Å². The van der Waals surface area contributed by atoms with Crippen molar-refractivity contribution in [2.45, 2.75) is 6.54 Å². The van der Waals surface area contributed by atoms with Crippen LogP contribution >= 0.6 is 0 Å². The van der Waals surface area contributed by atoms with E-state index in [9.17, 15) is 23.9 Å². The van der Waals surface area contributed by atoms with Crippen molar-refractivity contribution in [2.75, 3.05) is 6.54 Å². The first-order valence-corrected chi connectivity index (χ1v) is 8.97. The van der Waals surface area contributed by atoms with E-state index in [1.165, 1.54) is 33.5 Å². The number of carbonyl (C=O) groups is 2. The third-order valence-corrected chi connectivity index (χ3v) is 4.73. The molecule has 2 aromatic carbocycles. The molecule has 0 aliphatic heterocycles. The Labute approximate surface area is 168 Å². The molecule has 0 fully saturated rings. The van der Waals surface area contributed by atoms with Crippen molar-refractivity contribution >= 4 is 28.3 Å². The number of hydrogen-bond acceptors (Lipinski definition) is 4. The summed E-state index contributed by atoms with van der Waals surface area (Å²) in [5.74, 6) is -3.26. The second-order valence-electron chi connectivity index (χ2n) is 6.69. The lowest BCUT2D eigenvalue weighted by atomic mass is 10.2. The molecule has 2 heterocycles. The predicted octanol–water partition coefficient (Wildman–Crippen LogP) is 1.96. The van der Waals surface area contributed by atoms with Crippen LogP contribution in [0.4, 0.5) is 4.39 Å². The number of halogens is 1. The molecule has 0 saturated carbocycles. The Balaban J connectivity index is 1.98. The standard InChI is InChI=1S/C21H16FN3O5/c22-14-7-5-12(6-8-14)11-24-21(30)18(20(29)23-10-17(26)27)19(28)16-9-13-3-1-2-4-15(13)25(16)24/h1-9,28H,10-11H2,(H,23,29)(H,26,27). The third kappa shape index (κ3) is 3.26. The molecule has 4 rings (SSSR count). The number of rotatable bonds is 5. The van der Waals surface area contributed by atoms with Gasteiger partial charge in [0.05, 0.1) is 12.1 Å². The Kier molecular flexibility index (Phi) is 4.71. The highest BCUT2D eigenvalue weighted by Crippen LogP contribution is 2.28. The molecule has 8 nitrogen and oxygen atoms in total. The molecule has 3 N–H and O–H groups in total. The van der Waals surface area contributed by atoms with Gasteiger partial charge in [-0.25, -0.2) is 13.6 Å². The summed E-state index contributed by atoms with van der Waals surface area (Å²) in [7, 11) is 0. The van der Waals surface area contributed by atoms with Gasteiger partial charge in [0.1, 0.15) is 23.4 Å². The smallest absolute Gasteiger partial charge is 0.322 e. The van der Waals surface area contributed by atoms with Crippen molar-refractivity contribution in [2.24, 2.45) is 0 Å². The van der Waals surface area contributed by atoms with Gasteiger partial charge in [0.2, 0.25) is 0 Å². The van der Waals surface area contributed by atoms with Gasteiger partial charge in [-0.1, -0.05) is 30.3 Å². The maximum Gasteiger partial charge on any atom is 0.322 e. The summed E-state index contributed by atoms with van der Waals surface area (Å²) in [5, 5.41) is 22.3. The molecular weight excluding hydrogens is 393 g/mol. The molecule has 0 aliphatic carbocycles. The van der Waals surface area contributed by atoms with E-state index >= 15 is 0 Å². The second kappa shape index (κ2) is 7.36. The number of aromatic nitrogens is 2. The van der Waals surface area contributed by atoms with E-state index in [0.29, 0.717) is 11.1 Å². The third-order valence-electron chi connectivity index (χ3n) is 4.73. The fourth-order valence-electron chi connectivity index (χ4n) is 3.37. The molecular formula is C21H16FN3O5. The highest BCUT2D eigenvalue weighted by molar-refractivity contribution is 6.01. The molecule has 0 aliphatic rings. The summed E-state index contributed by atoms with van der Waals surface area (Å²) < 4.78 is 16.0. The van der Waals surface area contributed by atoms with Crippen LogP contribution in [0.1, 0.15) is 15.9 Å². The molecule has 0 unspecified atom stereocenters. The predicted molar refractivity (Wildman–Crippen MR) is 106 cm³/mol. The number of carboxylic acids is 1. The van der Waals surface area contributed by atoms with Crippen LogP contribution in [0.15, 0.2) is 59.4 Å². The molecule has 0 bridgehead atoms. The Hall–Kier alpha value is -4.14. The van der Waals surface area contributed by atoms with Gasteiger partial charge in [0, 0.05) is 5.39 Å². The highest BCUT2D eigenvalue weighted by atomic mass is 19.1. The zero-order valence-corrected chi connectivity index (χ0v) is 15.5. The number of fused-ring (bicyclic) bond motifs is 3. The molecule has 9 heteroatoms. The molecule has 0 radical (unpaired) electrons. The van der Waals surface area contributed by atoms with Crippen LogP contribution < -0.4 is 10.9 Å². The molecule has 4 aromatic rings. The van der Waals surface area contributed by atoms with Crippen LogP contribution in [0.2, 0.25) is 0 Å². The molecule has 0 atom stereocenters. The average molecular weight is 409 g/mol. The Morgan fingerprint density at radius 1 is 1.03 bits per heavy atom. The summed E-state index contributed by atoms with van der Waals surface area (Å²) in [4.78, 5) is 36.5. The number of hydrogen-bond donors (Lipinski definition) is 3. The van der Waals surface area contributed by atoms with E-state index in [2.05, 4.69) is 5.32 Å². The fourth-order valence-corrected chi connectivity index (χ4v) is 3.37. The molecule has 2 aromatic heterocycles. The molecule has 0 spiro atoms. The maximum atomic E-state index is 13.3. The zero-order valence-electron chi connectivity index (χ0n) is 15.5. The summed E-state index contributed by atoms with van der Waals surface area (Å²) in [5.41, 5.74) is 0.0558. The van der Waals surface area contributed by atoms with E-state index in [-0.39, 0.29) is 12.1 Å². The SMILES string of the molecule is O=C(O)CNC(=O)c1c(O)c2cc3ccccc3n2n(Cc2ccc(F)cc2)c1=O. The monoisotopic (exact) mass is 409 g/mol. The lowest BCUT2D eigenvalue weighted by molar-refractivity contribution is -0.135. The maximum absolute atomic E-state index is 13.3. The van der Waals surface area contributed by atoms with Gasteiger partial charge < -0.3 is 15.5 Å². The van der Waals surface area contributed by atoms with Crippen molar-refractivity contribution in [1.29, 1.82) is 0 Å². The normalized spacial score (nSPS) is 11.1. The Morgan fingerprint density at radius 3 is 2.43 bits per heavy atom. The van der Waals surface area contributed by atoms with Crippen LogP contribution in [0, 0.1) is 5.82 Å². The van der Waals surface area contributed by atoms with Crippen LogP contribution in [-0.2, 0) is 11.3 Å². The van der Waals surface area contributed by atoms with Gasteiger partial charge in [-0.15, -0.1) is 0 Å². The molecule has 152 valence electrons. The van der Waals surface area contributed by atoms with E-state index in [1.54, 1.807) is 30.3 Å². The van der Waals surface area contributed by atoms with E-state index in [1.807, 2.05) is 0 Å². The number of amides is 1. The van der Waals surface area contributed by atoms with Crippen LogP contribution in [0.5, 0.6) is 5.75 Å². The van der Waals surface area contributed by atoms with E-state index in [4.69, 9.17) is 5.11 Å². The quantitative estimate of drug-likeness (QED) is 0.466. The fraction of sp³-hybridized carbons (Fsp3) is 0.0952. The Bertz CT molecular complexity index is 1360. The van der Waals surface area contributed by atoms with Crippen molar-refractivity contribution in [1.82, 2.24) is 14.5 Å². The summed E-state index contributed by atoms with van der Waals surface area (Å²) in [6.45, 7) is -0.711. The van der Waals surface area contributed by atoms with E-state index < -0.39 is 41.1 Å². The van der Waals surface area contributed by atoms with Crippen LogP contribution in [-0.4, -0.2) is 37.8 Å². The van der Waals surface area contributed by atoms with Gasteiger partial charge >= 0.3 is 5.97 Å². The van der Waals surface area contributed by atoms with Crippen molar-refractivity contribution < 1.29 is 24.2 Å². The largest absolute Gasteiger partial charge is 0.505 e. The average Bonchev–Trinajstić information content (AvgIpc) is 3.11. The number of carboxylic acid groups (broad SMARTS) is 1. The summed E-state index contributed by atoms with van der Waals surface area (Å²) >= 11 is 0. The molecule has 1 amide bonds. The van der Waals surface area contributed by atoms with Crippen LogP contribution in [0.25, 0.3) is 16.4 Å². The minimum Gasteiger partial charge on any atom is -0.505 e. The van der Waals surface area contributed by atoms with Crippen molar-refractivity contribution in [3.8, 4) is 5.75 Å². The van der Waals surface area contributed by atoms with Gasteiger partial charge in [-0.05, 0) is 29.8 Å². The first-order chi connectivity index (χ1) is 14.4. The summed E-state index contributed by atoms with van der Waals surface area (Å²) in [6, 6.07) is 14.3. The number of para-hydroxylation sites is 1. The minimum atomic E-state index is -1.29. The molecule has 0 saturated heterocycles. The number of carbonyl (C=O) groups excluding carboxylic acids is 1. The summed E-state index contributed by atoms with van der Waals surface area (Å²) in [6.07, 6.45) is 0. The van der Waals surface area contributed by atoms with Crippen LogP contribution in [0.3, 0.4) is 0 Å². The minimum absolute atomic E-state index is 0.00617. The van der Waals surface area contributed by atoms with Crippen molar-refractivity contribution in [3.63, 3.8) is 0 Å². The number of nitrogens with one attached hydrogen (secondary N) is 1.